The highest BCUT2D eigenvalue weighted by Gasteiger charge is 2.22. The van der Waals surface area contributed by atoms with Gasteiger partial charge in [-0.25, -0.2) is 9.48 Å². The lowest BCUT2D eigenvalue weighted by molar-refractivity contribution is 0.0516. The summed E-state index contributed by atoms with van der Waals surface area (Å²) in [7, 11) is 0. The Hall–Kier alpha value is -1.43. The molecule has 6 heteroatoms. The van der Waals surface area contributed by atoms with Crippen molar-refractivity contribution in [3.63, 3.8) is 0 Å². The van der Waals surface area contributed by atoms with Crippen LogP contribution in [0.3, 0.4) is 0 Å². The average Bonchev–Trinajstić information content (AvgIpc) is 2.84. The van der Waals surface area contributed by atoms with E-state index in [4.69, 9.17) is 9.47 Å². The number of aromatic nitrogens is 3. The van der Waals surface area contributed by atoms with Crippen molar-refractivity contribution in [1.29, 1.82) is 0 Å². The largest absolute Gasteiger partial charge is 0.461 e. The van der Waals surface area contributed by atoms with Gasteiger partial charge in [-0.05, 0) is 32.1 Å². The summed E-state index contributed by atoms with van der Waals surface area (Å²) in [5.74, 6) is 0.185. The molecule has 0 atom stereocenters. The lowest BCUT2D eigenvalue weighted by Gasteiger charge is -2.22. The topological polar surface area (TPSA) is 66.2 Å². The second-order valence-electron chi connectivity index (χ2n) is 5.09. The quantitative estimate of drug-likeness (QED) is 0.744. The lowest BCUT2D eigenvalue weighted by atomic mass is 10.0. The van der Waals surface area contributed by atoms with Gasteiger partial charge in [0, 0.05) is 19.8 Å². The first-order chi connectivity index (χ1) is 9.76. The van der Waals surface area contributed by atoms with E-state index in [9.17, 15) is 4.79 Å². The van der Waals surface area contributed by atoms with Crippen LogP contribution in [0.5, 0.6) is 0 Å². The minimum atomic E-state index is -0.367. The van der Waals surface area contributed by atoms with Crippen LogP contribution < -0.4 is 0 Å². The van der Waals surface area contributed by atoms with Gasteiger partial charge in [0.1, 0.15) is 0 Å². The molecule has 1 aliphatic heterocycles. The molecule has 0 saturated carbocycles. The van der Waals surface area contributed by atoms with Crippen LogP contribution in [0.2, 0.25) is 0 Å². The molecule has 0 bridgehead atoms. The van der Waals surface area contributed by atoms with Gasteiger partial charge in [-0.1, -0.05) is 18.6 Å². The van der Waals surface area contributed by atoms with E-state index < -0.39 is 0 Å². The highest BCUT2D eigenvalue weighted by Crippen LogP contribution is 2.19. The van der Waals surface area contributed by atoms with Crippen molar-refractivity contribution in [2.75, 3.05) is 19.8 Å². The van der Waals surface area contributed by atoms with Crippen molar-refractivity contribution < 1.29 is 14.3 Å². The lowest BCUT2D eigenvalue weighted by Crippen LogP contribution is -2.22. The number of ether oxygens (including phenoxy) is 2. The molecule has 1 aromatic heterocycles. The first-order valence-corrected chi connectivity index (χ1v) is 7.43. The third-order valence-corrected chi connectivity index (χ3v) is 3.57. The first-order valence-electron chi connectivity index (χ1n) is 7.43. The molecule has 0 aliphatic carbocycles. The van der Waals surface area contributed by atoms with Crippen LogP contribution in [0.4, 0.5) is 0 Å². The van der Waals surface area contributed by atoms with Crippen molar-refractivity contribution in [1.82, 2.24) is 15.0 Å². The molecule has 0 N–H and O–H groups in total. The maximum absolute atomic E-state index is 11.9. The molecule has 112 valence electrons. The van der Waals surface area contributed by atoms with Gasteiger partial charge in [-0.2, -0.15) is 0 Å². The molecule has 0 unspecified atom stereocenters. The fraction of sp³-hybridized carbons (Fsp3) is 0.786. The highest BCUT2D eigenvalue weighted by atomic mass is 16.5. The number of nitrogens with zero attached hydrogens (tertiary/aromatic N) is 3. The van der Waals surface area contributed by atoms with Gasteiger partial charge in [-0.15, -0.1) is 5.10 Å². The number of carbonyl (C=O) groups is 1. The maximum Gasteiger partial charge on any atom is 0.360 e. The number of hydrogen-bond donors (Lipinski definition) is 0. The highest BCUT2D eigenvalue weighted by molar-refractivity contribution is 5.88. The van der Waals surface area contributed by atoms with Gasteiger partial charge in [0.2, 0.25) is 0 Å². The van der Waals surface area contributed by atoms with E-state index in [0.29, 0.717) is 18.2 Å². The SMILES string of the molecule is CCCc1c(C(=O)OCC)nnn1CC1CCOCC1. The van der Waals surface area contributed by atoms with Crippen LogP contribution in [0, 0.1) is 5.92 Å². The molecule has 0 amide bonds. The normalized spacial score (nSPS) is 16.3. The summed E-state index contributed by atoms with van der Waals surface area (Å²) in [6, 6.07) is 0. The standard InChI is InChI=1S/C14H23N3O3/c1-3-5-12-13(14(18)20-4-2)15-16-17(12)10-11-6-8-19-9-7-11/h11H,3-10H2,1-2H3. The van der Waals surface area contributed by atoms with Crippen LogP contribution in [0.1, 0.15) is 49.3 Å². The summed E-state index contributed by atoms with van der Waals surface area (Å²) in [4.78, 5) is 11.9. The molecular weight excluding hydrogens is 258 g/mol. The van der Waals surface area contributed by atoms with Crippen molar-refractivity contribution >= 4 is 5.97 Å². The molecule has 6 nitrogen and oxygen atoms in total. The summed E-state index contributed by atoms with van der Waals surface area (Å²) in [6.45, 7) is 6.67. The van der Waals surface area contributed by atoms with Gasteiger partial charge < -0.3 is 9.47 Å². The van der Waals surface area contributed by atoms with Gasteiger partial charge in [0.15, 0.2) is 5.69 Å². The fourth-order valence-electron chi connectivity index (χ4n) is 2.50. The van der Waals surface area contributed by atoms with Gasteiger partial charge in [0.05, 0.1) is 12.3 Å². The van der Waals surface area contributed by atoms with E-state index in [1.54, 1.807) is 6.92 Å². The smallest absolute Gasteiger partial charge is 0.360 e. The first kappa shape index (κ1) is 15.0. The summed E-state index contributed by atoms with van der Waals surface area (Å²) in [5, 5.41) is 8.18. The Labute approximate surface area is 119 Å². The number of hydrogen-bond acceptors (Lipinski definition) is 5. The van der Waals surface area contributed by atoms with Gasteiger partial charge in [-0.3, -0.25) is 0 Å². The second-order valence-corrected chi connectivity index (χ2v) is 5.09. The van der Waals surface area contributed by atoms with Crippen LogP contribution in [0.25, 0.3) is 0 Å². The van der Waals surface area contributed by atoms with Crippen LogP contribution >= 0.6 is 0 Å². The van der Waals surface area contributed by atoms with Crippen molar-refractivity contribution in [3.8, 4) is 0 Å². The zero-order chi connectivity index (χ0) is 14.4. The Bertz CT molecular complexity index is 439. The van der Waals surface area contributed by atoms with Crippen molar-refractivity contribution in [2.24, 2.45) is 5.92 Å². The van der Waals surface area contributed by atoms with E-state index in [1.807, 2.05) is 4.68 Å². The van der Waals surface area contributed by atoms with Crippen LogP contribution in [-0.4, -0.2) is 40.8 Å². The molecular formula is C14H23N3O3. The molecule has 0 radical (unpaired) electrons. The fourth-order valence-corrected chi connectivity index (χ4v) is 2.50. The molecule has 20 heavy (non-hydrogen) atoms. The molecule has 0 spiro atoms. The predicted octanol–water partition coefficient (Wildman–Crippen LogP) is 1.83. The molecule has 1 aromatic rings. The average molecular weight is 281 g/mol. The van der Waals surface area contributed by atoms with E-state index in [1.165, 1.54) is 0 Å². The molecule has 2 rings (SSSR count). The zero-order valence-electron chi connectivity index (χ0n) is 12.3. The summed E-state index contributed by atoms with van der Waals surface area (Å²) >= 11 is 0. The minimum absolute atomic E-state index is 0.358. The van der Waals surface area contributed by atoms with E-state index in [-0.39, 0.29) is 5.97 Å². The minimum Gasteiger partial charge on any atom is -0.461 e. The third-order valence-electron chi connectivity index (χ3n) is 3.57. The number of rotatable bonds is 6. The Morgan fingerprint density at radius 1 is 1.40 bits per heavy atom. The zero-order valence-corrected chi connectivity index (χ0v) is 12.3. The van der Waals surface area contributed by atoms with Crippen molar-refractivity contribution in [2.45, 2.75) is 46.1 Å². The maximum atomic E-state index is 11.9. The predicted molar refractivity (Wildman–Crippen MR) is 73.5 cm³/mol. The van der Waals surface area contributed by atoms with Crippen LogP contribution in [0.15, 0.2) is 0 Å². The van der Waals surface area contributed by atoms with E-state index >= 15 is 0 Å². The Kier molecular flexibility index (Phi) is 5.52. The molecule has 1 fully saturated rings. The molecule has 2 heterocycles. The van der Waals surface area contributed by atoms with Gasteiger partial charge in [0.25, 0.3) is 0 Å². The van der Waals surface area contributed by atoms with Gasteiger partial charge >= 0.3 is 5.97 Å². The summed E-state index contributed by atoms with van der Waals surface area (Å²) in [5.41, 5.74) is 1.28. The summed E-state index contributed by atoms with van der Waals surface area (Å²) in [6.07, 6.45) is 3.83. The number of esters is 1. The third kappa shape index (κ3) is 3.56. The molecule has 0 aromatic carbocycles. The monoisotopic (exact) mass is 281 g/mol. The second kappa shape index (κ2) is 7.38. The van der Waals surface area contributed by atoms with Crippen molar-refractivity contribution in [3.05, 3.63) is 11.4 Å². The molecule has 1 saturated heterocycles. The number of carbonyl (C=O) groups excluding carboxylic acids is 1. The Morgan fingerprint density at radius 3 is 2.80 bits per heavy atom. The Morgan fingerprint density at radius 2 is 2.15 bits per heavy atom. The summed E-state index contributed by atoms with van der Waals surface area (Å²) < 4.78 is 12.3. The van der Waals surface area contributed by atoms with Crippen LogP contribution in [-0.2, 0) is 22.4 Å². The van der Waals surface area contributed by atoms with E-state index in [0.717, 1.165) is 51.1 Å². The van der Waals surface area contributed by atoms with E-state index in [2.05, 4.69) is 17.2 Å². The Balaban J connectivity index is 2.12. The molecule has 1 aliphatic rings.